The molecule has 0 fully saturated rings. The highest BCUT2D eigenvalue weighted by Crippen LogP contribution is 2.32. The fourth-order valence-corrected chi connectivity index (χ4v) is 1.65. The Balaban J connectivity index is 2.80. The van der Waals surface area contributed by atoms with Crippen LogP contribution in [0.15, 0.2) is 18.2 Å². The number of alkyl halides is 3. The van der Waals surface area contributed by atoms with E-state index in [2.05, 4.69) is 0 Å². The summed E-state index contributed by atoms with van der Waals surface area (Å²) in [5.74, 6) is 0.448. The molecule has 0 heterocycles. The first-order chi connectivity index (χ1) is 7.83. The van der Waals surface area contributed by atoms with Crippen molar-refractivity contribution >= 4 is 11.6 Å². The third-order valence-corrected chi connectivity index (χ3v) is 2.57. The van der Waals surface area contributed by atoms with Crippen LogP contribution in [0.1, 0.15) is 24.4 Å². The Bertz CT molecular complexity index is 381. The zero-order valence-corrected chi connectivity index (χ0v) is 9.98. The average molecular weight is 268 g/mol. The van der Waals surface area contributed by atoms with E-state index in [-0.39, 0.29) is 6.42 Å². The van der Waals surface area contributed by atoms with E-state index in [9.17, 15) is 13.2 Å². The number of hydrogen-bond acceptors (Lipinski definition) is 2. The molecule has 1 aromatic carbocycles. The van der Waals surface area contributed by atoms with Crippen molar-refractivity contribution in [2.75, 3.05) is 7.11 Å². The lowest BCUT2D eigenvalue weighted by Crippen LogP contribution is -2.16. The molecule has 0 unspecified atom stereocenters. The molecule has 1 aromatic rings. The van der Waals surface area contributed by atoms with E-state index in [1.807, 2.05) is 0 Å². The van der Waals surface area contributed by atoms with Gasteiger partial charge in [0.1, 0.15) is 5.75 Å². The van der Waals surface area contributed by atoms with Crippen molar-refractivity contribution in [1.82, 2.24) is 0 Å². The van der Waals surface area contributed by atoms with Gasteiger partial charge in [0.15, 0.2) is 0 Å². The molecule has 0 aliphatic rings. The van der Waals surface area contributed by atoms with E-state index in [0.29, 0.717) is 16.3 Å². The molecule has 2 N–H and O–H groups in total. The molecule has 0 amide bonds. The second-order valence-electron chi connectivity index (χ2n) is 3.65. The van der Waals surface area contributed by atoms with E-state index in [4.69, 9.17) is 22.1 Å². The summed E-state index contributed by atoms with van der Waals surface area (Å²) in [6.07, 6.45) is -5.33. The Kier molecular flexibility index (Phi) is 4.65. The van der Waals surface area contributed by atoms with Gasteiger partial charge in [-0.1, -0.05) is 11.6 Å². The number of halogens is 4. The number of ether oxygens (including phenoxy) is 1. The van der Waals surface area contributed by atoms with Crippen LogP contribution in [0.5, 0.6) is 5.75 Å². The van der Waals surface area contributed by atoms with Crippen LogP contribution in [0.2, 0.25) is 5.02 Å². The minimum Gasteiger partial charge on any atom is -0.496 e. The topological polar surface area (TPSA) is 35.2 Å². The first-order valence-electron chi connectivity index (χ1n) is 4.99. The molecule has 1 atom stereocenters. The second kappa shape index (κ2) is 5.60. The molecule has 0 spiro atoms. The molecule has 1 rings (SSSR count). The number of rotatable bonds is 4. The van der Waals surface area contributed by atoms with Crippen molar-refractivity contribution in [3.05, 3.63) is 28.8 Å². The number of benzene rings is 1. The van der Waals surface area contributed by atoms with Gasteiger partial charge in [-0.25, -0.2) is 0 Å². The maximum Gasteiger partial charge on any atom is 0.389 e. The maximum absolute atomic E-state index is 12.1. The van der Waals surface area contributed by atoms with Gasteiger partial charge in [-0.05, 0) is 24.6 Å². The largest absolute Gasteiger partial charge is 0.496 e. The molecule has 0 radical (unpaired) electrons. The average Bonchev–Trinajstić information content (AvgIpc) is 2.25. The Labute approximate surface area is 103 Å². The van der Waals surface area contributed by atoms with E-state index in [1.54, 1.807) is 12.1 Å². The summed E-state index contributed by atoms with van der Waals surface area (Å²) in [7, 11) is 1.43. The number of nitrogens with two attached hydrogens (primary N) is 1. The van der Waals surface area contributed by atoms with Crippen LogP contribution < -0.4 is 10.5 Å². The lowest BCUT2D eigenvalue weighted by Gasteiger charge is -2.16. The van der Waals surface area contributed by atoms with Crippen LogP contribution in [0, 0.1) is 0 Å². The van der Waals surface area contributed by atoms with Crippen LogP contribution in [0.25, 0.3) is 0 Å². The van der Waals surface area contributed by atoms with Crippen molar-refractivity contribution in [3.63, 3.8) is 0 Å². The lowest BCUT2D eigenvalue weighted by molar-refractivity contribution is -0.136. The first kappa shape index (κ1) is 14.1. The Morgan fingerprint density at radius 3 is 2.59 bits per heavy atom. The van der Waals surface area contributed by atoms with Crippen LogP contribution in [-0.2, 0) is 0 Å². The first-order valence-corrected chi connectivity index (χ1v) is 5.37. The van der Waals surface area contributed by atoms with Gasteiger partial charge < -0.3 is 10.5 Å². The summed E-state index contributed by atoms with van der Waals surface area (Å²) in [5, 5.41) is 0.420. The molecule has 0 saturated carbocycles. The Morgan fingerprint density at radius 1 is 1.41 bits per heavy atom. The zero-order valence-electron chi connectivity index (χ0n) is 9.22. The van der Waals surface area contributed by atoms with E-state index >= 15 is 0 Å². The summed E-state index contributed by atoms with van der Waals surface area (Å²) < 4.78 is 41.3. The number of methoxy groups -OCH3 is 1. The van der Waals surface area contributed by atoms with Gasteiger partial charge >= 0.3 is 6.18 Å². The highest BCUT2D eigenvalue weighted by atomic mass is 35.5. The Hall–Kier alpha value is -0.940. The van der Waals surface area contributed by atoms with Crippen molar-refractivity contribution in [1.29, 1.82) is 0 Å². The molecular weight excluding hydrogens is 255 g/mol. The highest BCUT2D eigenvalue weighted by Gasteiger charge is 2.28. The zero-order chi connectivity index (χ0) is 13.1. The van der Waals surface area contributed by atoms with E-state index < -0.39 is 18.6 Å². The van der Waals surface area contributed by atoms with E-state index in [0.717, 1.165) is 0 Å². The SMILES string of the molecule is COc1ccc(Cl)cc1[C@@H](N)CCC(F)(F)F. The smallest absolute Gasteiger partial charge is 0.389 e. The molecule has 2 nitrogen and oxygen atoms in total. The molecule has 6 heteroatoms. The van der Waals surface area contributed by atoms with Crippen molar-refractivity contribution in [3.8, 4) is 5.75 Å². The van der Waals surface area contributed by atoms with Crippen LogP contribution in [-0.4, -0.2) is 13.3 Å². The maximum atomic E-state index is 12.1. The van der Waals surface area contributed by atoms with Gasteiger partial charge in [-0.2, -0.15) is 13.2 Å². The molecular formula is C11H13ClF3NO. The van der Waals surface area contributed by atoms with Gasteiger partial charge in [0.2, 0.25) is 0 Å². The minimum atomic E-state index is -4.20. The lowest BCUT2D eigenvalue weighted by atomic mass is 10.0. The molecule has 0 aliphatic carbocycles. The van der Waals surface area contributed by atoms with Crippen LogP contribution in [0.3, 0.4) is 0 Å². The third kappa shape index (κ3) is 4.44. The normalized spacial score (nSPS) is 13.5. The van der Waals surface area contributed by atoms with Crippen LogP contribution in [0.4, 0.5) is 13.2 Å². The minimum absolute atomic E-state index is 0.194. The predicted octanol–water partition coefficient (Wildman–Crippen LogP) is 3.69. The summed E-state index contributed by atoms with van der Waals surface area (Å²) in [6, 6.07) is 3.97. The summed E-state index contributed by atoms with van der Waals surface area (Å²) in [4.78, 5) is 0. The summed E-state index contributed by atoms with van der Waals surface area (Å²) in [6.45, 7) is 0. The second-order valence-corrected chi connectivity index (χ2v) is 4.08. The van der Waals surface area contributed by atoms with Crippen molar-refractivity contribution in [2.45, 2.75) is 25.1 Å². The van der Waals surface area contributed by atoms with E-state index in [1.165, 1.54) is 13.2 Å². The molecule has 96 valence electrons. The molecule has 0 aliphatic heterocycles. The fraction of sp³-hybridized carbons (Fsp3) is 0.455. The van der Waals surface area contributed by atoms with Crippen molar-refractivity contribution < 1.29 is 17.9 Å². The predicted molar refractivity (Wildman–Crippen MR) is 60.2 cm³/mol. The van der Waals surface area contributed by atoms with Gasteiger partial charge in [0, 0.05) is 23.0 Å². The molecule has 0 aromatic heterocycles. The molecule has 17 heavy (non-hydrogen) atoms. The van der Waals surface area contributed by atoms with Gasteiger partial charge in [0.05, 0.1) is 7.11 Å². The van der Waals surface area contributed by atoms with Gasteiger partial charge in [-0.15, -0.1) is 0 Å². The quantitative estimate of drug-likeness (QED) is 0.903. The van der Waals surface area contributed by atoms with Crippen molar-refractivity contribution in [2.24, 2.45) is 5.73 Å². The summed E-state index contributed by atoms with van der Waals surface area (Å²) in [5.41, 5.74) is 6.20. The summed E-state index contributed by atoms with van der Waals surface area (Å²) >= 11 is 5.77. The fourth-order valence-electron chi connectivity index (χ4n) is 1.47. The molecule has 0 saturated heterocycles. The number of hydrogen-bond donors (Lipinski definition) is 1. The third-order valence-electron chi connectivity index (χ3n) is 2.33. The standard InChI is InChI=1S/C11H13ClF3NO/c1-17-10-3-2-7(12)6-8(10)9(16)4-5-11(13,14)15/h2-3,6,9H,4-5,16H2,1H3/t9-/m0/s1. The monoisotopic (exact) mass is 267 g/mol. The van der Waals surface area contributed by atoms with Gasteiger partial charge in [0.25, 0.3) is 0 Å². The molecule has 0 bridgehead atoms. The van der Waals surface area contributed by atoms with Gasteiger partial charge in [-0.3, -0.25) is 0 Å². The van der Waals surface area contributed by atoms with Crippen LogP contribution >= 0.6 is 11.6 Å². The highest BCUT2D eigenvalue weighted by molar-refractivity contribution is 6.30. The Morgan fingerprint density at radius 2 is 2.06 bits per heavy atom.